The molecule has 0 N–H and O–H groups in total. The summed E-state index contributed by atoms with van der Waals surface area (Å²) in [4.78, 5) is 8.43. The summed E-state index contributed by atoms with van der Waals surface area (Å²) in [6.45, 7) is 4.34. The number of pyridine rings is 2. The SMILES string of the molecule is CC(C)c1cncc2ncccc12. The summed E-state index contributed by atoms with van der Waals surface area (Å²) < 4.78 is 0. The number of aromatic nitrogens is 2. The van der Waals surface area contributed by atoms with Crippen molar-refractivity contribution < 1.29 is 0 Å². The van der Waals surface area contributed by atoms with E-state index in [0.29, 0.717) is 5.92 Å². The number of nitrogens with zero attached hydrogens (tertiary/aromatic N) is 2. The van der Waals surface area contributed by atoms with Gasteiger partial charge in [-0.2, -0.15) is 0 Å². The van der Waals surface area contributed by atoms with E-state index >= 15 is 0 Å². The van der Waals surface area contributed by atoms with Gasteiger partial charge in [0.15, 0.2) is 0 Å². The average molecular weight is 172 g/mol. The van der Waals surface area contributed by atoms with Crippen molar-refractivity contribution in [3.05, 3.63) is 36.3 Å². The standard InChI is InChI=1S/C11H12N2/c1-8(2)10-6-12-7-11-9(10)4-3-5-13-11/h3-8H,1-2H3. The van der Waals surface area contributed by atoms with Crippen LogP contribution in [-0.4, -0.2) is 9.97 Å². The number of rotatable bonds is 1. The normalized spacial score (nSPS) is 11.0. The Morgan fingerprint density at radius 1 is 1.23 bits per heavy atom. The first-order valence-electron chi connectivity index (χ1n) is 4.47. The molecule has 2 heteroatoms. The van der Waals surface area contributed by atoms with Crippen LogP contribution in [-0.2, 0) is 0 Å². The molecule has 0 aliphatic carbocycles. The molecule has 2 aromatic rings. The van der Waals surface area contributed by atoms with E-state index in [-0.39, 0.29) is 0 Å². The Kier molecular flexibility index (Phi) is 1.97. The van der Waals surface area contributed by atoms with Gasteiger partial charge >= 0.3 is 0 Å². The molecule has 0 unspecified atom stereocenters. The van der Waals surface area contributed by atoms with Crippen LogP contribution in [0.1, 0.15) is 25.3 Å². The third-order valence-electron chi connectivity index (χ3n) is 2.18. The van der Waals surface area contributed by atoms with Gasteiger partial charge in [0.05, 0.1) is 11.7 Å². The van der Waals surface area contributed by atoms with E-state index in [1.165, 1.54) is 10.9 Å². The lowest BCUT2D eigenvalue weighted by molar-refractivity contribution is 0.868. The summed E-state index contributed by atoms with van der Waals surface area (Å²) in [5, 5.41) is 1.22. The number of hydrogen-bond donors (Lipinski definition) is 0. The van der Waals surface area contributed by atoms with Crippen molar-refractivity contribution in [1.29, 1.82) is 0 Å². The van der Waals surface area contributed by atoms with Crippen LogP contribution >= 0.6 is 0 Å². The van der Waals surface area contributed by atoms with Gasteiger partial charge in [-0.25, -0.2) is 0 Å². The number of fused-ring (bicyclic) bond motifs is 1. The van der Waals surface area contributed by atoms with E-state index in [4.69, 9.17) is 0 Å². The second-order valence-corrected chi connectivity index (χ2v) is 3.45. The third kappa shape index (κ3) is 1.39. The summed E-state index contributed by atoms with van der Waals surface area (Å²) in [6.07, 6.45) is 5.53. The fourth-order valence-corrected chi connectivity index (χ4v) is 1.48. The molecule has 0 amide bonds. The van der Waals surface area contributed by atoms with Crippen LogP contribution < -0.4 is 0 Å². The van der Waals surface area contributed by atoms with Crippen LogP contribution in [0.4, 0.5) is 0 Å². The van der Waals surface area contributed by atoms with E-state index in [9.17, 15) is 0 Å². The molecule has 0 bridgehead atoms. The Balaban J connectivity index is 2.76. The van der Waals surface area contributed by atoms with Crippen molar-refractivity contribution in [2.75, 3.05) is 0 Å². The third-order valence-corrected chi connectivity index (χ3v) is 2.18. The Morgan fingerprint density at radius 2 is 2.08 bits per heavy atom. The molecule has 0 aromatic carbocycles. The molecule has 2 nitrogen and oxygen atoms in total. The predicted molar refractivity (Wildman–Crippen MR) is 53.6 cm³/mol. The van der Waals surface area contributed by atoms with Gasteiger partial charge in [-0.05, 0) is 17.5 Å². The first-order valence-corrected chi connectivity index (χ1v) is 4.47. The lowest BCUT2D eigenvalue weighted by Gasteiger charge is -2.07. The fourth-order valence-electron chi connectivity index (χ4n) is 1.48. The van der Waals surface area contributed by atoms with Gasteiger partial charge < -0.3 is 0 Å². The molecular weight excluding hydrogens is 160 g/mol. The van der Waals surface area contributed by atoms with E-state index in [1.54, 1.807) is 12.4 Å². The van der Waals surface area contributed by atoms with Crippen LogP contribution in [0, 0.1) is 0 Å². The highest BCUT2D eigenvalue weighted by Gasteiger charge is 2.04. The molecule has 0 spiro atoms. The highest BCUT2D eigenvalue weighted by Crippen LogP contribution is 2.21. The van der Waals surface area contributed by atoms with Crippen LogP contribution in [0.15, 0.2) is 30.7 Å². The summed E-state index contributed by atoms with van der Waals surface area (Å²) in [7, 11) is 0. The molecule has 13 heavy (non-hydrogen) atoms. The minimum Gasteiger partial charge on any atom is -0.262 e. The smallest absolute Gasteiger partial charge is 0.0887 e. The zero-order chi connectivity index (χ0) is 9.26. The first kappa shape index (κ1) is 8.17. The van der Waals surface area contributed by atoms with E-state index in [1.807, 2.05) is 12.3 Å². The quantitative estimate of drug-likeness (QED) is 0.661. The molecule has 66 valence electrons. The van der Waals surface area contributed by atoms with E-state index < -0.39 is 0 Å². The molecule has 0 saturated heterocycles. The van der Waals surface area contributed by atoms with Gasteiger partial charge in [0.1, 0.15) is 0 Å². The first-order chi connectivity index (χ1) is 6.29. The molecule has 0 saturated carbocycles. The Bertz CT molecular complexity index is 416. The van der Waals surface area contributed by atoms with Crippen molar-refractivity contribution in [2.45, 2.75) is 19.8 Å². The molecule has 0 fully saturated rings. The monoisotopic (exact) mass is 172 g/mol. The maximum absolute atomic E-state index is 4.26. The Hall–Kier alpha value is -1.44. The topological polar surface area (TPSA) is 25.8 Å². The lowest BCUT2D eigenvalue weighted by atomic mass is 10.0. The van der Waals surface area contributed by atoms with Crippen molar-refractivity contribution in [1.82, 2.24) is 9.97 Å². The molecule has 0 atom stereocenters. The van der Waals surface area contributed by atoms with Crippen LogP contribution in [0.2, 0.25) is 0 Å². The average Bonchev–Trinajstić information content (AvgIpc) is 2.17. The van der Waals surface area contributed by atoms with Crippen molar-refractivity contribution in [2.24, 2.45) is 0 Å². The molecule has 2 rings (SSSR count). The van der Waals surface area contributed by atoms with E-state index in [0.717, 1.165) is 5.52 Å². The van der Waals surface area contributed by atoms with E-state index in [2.05, 4.69) is 29.9 Å². The van der Waals surface area contributed by atoms with Gasteiger partial charge in [-0.15, -0.1) is 0 Å². The van der Waals surface area contributed by atoms with Gasteiger partial charge in [0, 0.05) is 17.8 Å². The van der Waals surface area contributed by atoms with Gasteiger partial charge in [-0.1, -0.05) is 19.9 Å². The summed E-state index contributed by atoms with van der Waals surface area (Å²) in [5.41, 5.74) is 2.25. The Labute approximate surface area is 77.6 Å². The largest absolute Gasteiger partial charge is 0.262 e. The summed E-state index contributed by atoms with van der Waals surface area (Å²) in [5.74, 6) is 0.500. The predicted octanol–water partition coefficient (Wildman–Crippen LogP) is 2.75. The molecule has 0 aliphatic rings. The maximum Gasteiger partial charge on any atom is 0.0887 e. The molecule has 2 heterocycles. The fraction of sp³-hybridized carbons (Fsp3) is 0.273. The number of hydrogen-bond acceptors (Lipinski definition) is 2. The minimum absolute atomic E-state index is 0.500. The van der Waals surface area contributed by atoms with Gasteiger partial charge in [-0.3, -0.25) is 9.97 Å². The molecule has 2 aromatic heterocycles. The van der Waals surface area contributed by atoms with Crippen LogP contribution in [0.25, 0.3) is 10.9 Å². The highest BCUT2D eigenvalue weighted by molar-refractivity contribution is 5.81. The lowest BCUT2D eigenvalue weighted by Crippen LogP contribution is -1.91. The second kappa shape index (κ2) is 3.13. The van der Waals surface area contributed by atoms with Gasteiger partial charge in [0.25, 0.3) is 0 Å². The van der Waals surface area contributed by atoms with Crippen LogP contribution in [0.3, 0.4) is 0 Å². The molecule has 0 radical (unpaired) electrons. The van der Waals surface area contributed by atoms with Gasteiger partial charge in [0.2, 0.25) is 0 Å². The van der Waals surface area contributed by atoms with Crippen molar-refractivity contribution >= 4 is 10.9 Å². The summed E-state index contributed by atoms with van der Waals surface area (Å²) >= 11 is 0. The zero-order valence-electron chi connectivity index (χ0n) is 7.86. The Morgan fingerprint density at radius 3 is 2.85 bits per heavy atom. The summed E-state index contributed by atoms with van der Waals surface area (Å²) in [6, 6.07) is 4.06. The highest BCUT2D eigenvalue weighted by atomic mass is 14.7. The maximum atomic E-state index is 4.26. The van der Waals surface area contributed by atoms with Crippen LogP contribution in [0.5, 0.6) is 0 Å². The zero-order valence-corrected chi connectivity index (χ0v) is 7.86. The van der Waals surface area contributed by atoms with Crippen molar-refractivity contribution in [3.63, 3.8) is 0 Å². The minimum atomic E-state index is 0.500. The second-order valence-electron chi connectivity index (χ2n) is 3.45. The molecule has 0 aliphatic heterocycles. The molecular formula is C11H12N2. The van der Waals surface area contributed by atoms with Crippen molar-refractivity contribution in [3.8, 4) is 0 Å².